The largest absolute Gasteiger partial charge is 0.481 e. The van der Waals surface area contributed by atoms with Crippen molar-refractivity contribution in [2.75, 3.05) is 25.6 Å². The Hall–Kier alpha value is -3.55. The van der Waals surface area contributed by atoms with Crippen LogP contribution < -0.4 is 15.0 Å². The summed E-state index contributed by atoms with van der Waals surface area (Å²) < 4.78 is 43.6. The van der Waals surface area contributed by atoms with E-state index in [2.05, 4.69) is 10.3 Å². The van der Waals surface area contributed by atoms with Gasteiger partial charge in [-0.1, -0.05) is 42.5 Å². The van der Waals surface area contributed by atoms with E-state index in [1.807, 2.05) is 41.3 Å². The van der Waals surface area contributed by atoms with Crippen molar-refractivity contribution >= 4 is 11.6 Å². The van der Waals surface area contributed by atoms with Gasteiger partial charge < -0.3 is 15.0 Å². The third-order valence-corrected chi connectivity index (χ3v) is 5.33. The Morgan fingerprint density at radius 1 is 1.06 bits per heavy atom. The zero-order chi connectivity index (χ0) is 23.8. The minimum atomic E-state index is -4.35. The second kappa shape index (κ2) is 10.8. The number of nitrogens with zero attached hydrogens (tertiary/aromatic N) is 2. The molecule has 0 fully saturated rings. The predicted molar refractivity (Wildman–Crippen MR) is 121 cm³/mol. The molecule has 3 rings (SSSR count). The molecule has 0 radical (unpaired) electrons. The van der Waals surface area contributed by atoms with Gasteiger partial charge in [0.1, 0.15) is 6.04 Å². The molecule has 0 saturated carbocycles. The molecule has 5 nitrogen and oxygen atoms in total. The van der Waals surface area contributed by atoms with Crippen LogP contribution in [-0.4, -0.2) is 31.6 Å². The highest BCUT2D eigenvalue weighted by Crippen LogP contribution is 2.30. The molecule has 0 aliphatic rings. The van der Waals surface area contributed by atoms with Crippen molar-refractivity contribution in [3.63, 3.8) is 0 Å². The van der Waals surface area contributed by atoms with E-state index in [9.17, 15) is 18.0 Å². The molecule has 3 aromatic rings. The molecule has 1 amide bonds. The molecule has 174 valence electrons. The number of benzene rings is 2. The summed E-state index contributed by atoms with van der Waals surface area (Å²) in [4.78, 5) is 19.1. The Morgan fingerprint density at radius 2 is 1.76 bits per heavy atom. The minimum absolute atomic E-state index is 0.174. The van der Waals surface area contributed by atoms with Gasteiger partial charge in [-0.3, -0.25) is 4.79 Å². The number of aryl methyl sites for hydroxylation is 1. The van der Waals surface area contributed by atoms with Crippen LogP contribution in [0, 0.1) is 0 Å². The summed E-state index contributed by atoms with van der Waals surface area (Å²) in [5.74, 6) is 0.284. The van der Waals surface area contributed by atoms with Gasteiger partial charge in [0.2, 0.25) is 11.8 Å². The van der Waals surface area contributed by atoms with E-state index < -0.39 is 17.8 Å². The quantitative estimate of drug-likeness (QED) is 0.489. The van der Waals surface area contributed by atoms with E-state index in [4.69, 9.17) is 4.74 Å². The summed E-state index contributed by atoms with van der Waals surface area (Å²) in [6, 6.07) is 17.6. The third kappa shape index (κ3) is 6.25. The maximum atomic E-state index is 12.9. The Bertz CT molecular complexity index is 1020. The van der Waals surface area contributed by atoms with E-state index in [1.165, 1.54) is 19.2 Å². The number of rotatable bonds is 9. The molecule has 0 bridgehead atoms. The zero-order valence-electron chi connectivity index (χ0n) is 18.5. The first-order valence-electron chi connectivity index (χ1n) is 10.5. The van der Waals surface area contributed by atoms with E-state index in [-0.39, 0.29) is 5.91 Å². The summed E-state index contributed by atoms with van der Waals surface area (Å²) in [6.07, 6.45) is -1.52. The van der Waals surface area contributed by atoms with Crippen LogP contribution in [0.15, 0.2) is 72.9 Å². The Labute approximate surface area is 191 Å². The molecule has 1 heterocycles. The lowest BCUT2D eigenvalue weighted by molar-refractivity contribution is -0.137. The van der Waals surface area contributed by atoms with Gasteiger partial charge in [0, 0.05) is 19.7 Å². The van der Waals surface area contributed by atoms with Crippen LogP contribution in [0.5, 0.6) is 5.88 Å². The summed E-state index contributed by atoms with van der Waals surface area (Å²) in [7, 11) is 3.12. The third-order valence-electron chi connectivity index (χ3n) is 5.33. The van der Waals surface area contributed by atoms with Crippen LogP contribution in [0.2, 0.25) is 0 Å². The number of hydrogen-bond donors (Lipinski definition) is 1. The first-order valence-corrected chi connectivity index (χ1v) is 10.5. The zero-order valence-corrected chi connectivity index (χ0v) is 18.5. The minimum Gasteiger partial charge on any atom is -0.481 e. The number of amides is 1. The smallest absolute Gasteiger partial charge is 0.416 e. The lowest BCUT2D eigenvalue weighted by Crippen LogP contribution is -2.40. The number of methoxy groups -OCH3 is 1. The predicted octanol–water partition coefficient (Wildman–Crippen LogP) is 5.04. The fourth-order valence-electron chi connectivity index (χ4n) is 3.63. The topological polar surface area (TPSA) is 54.5 Å². The first-order chi connectivity index (χ1) is 15.8. The highest BCUT2D eigenvalue weighted by atomic mass is 19.4. The molecular formula is C25H26F3N3O2. The number of hydrogen-bond acceptors (Lipinski definition) is 4. The highest BCUT2D eigenvalue weighted by Gasteiger charge is 2.30. The molecule has 0 unspecified atom stereocenters. The standard InChI is InChI=1S/C25H26F3N3O2/c1-29-24(32)23(19-8-4-3-5-9-19)31(21-14-15-22(33-2)30-17-21)16-6-7-18-10-12-20(13-11-18)25(26,27)28/h3-5,8-15,17,23H,6-7,16H2,1-2H3,(H,29,32)/t23-/m0/s1. The SMILES string of the molecule is CNC(=O)[C@H](c1ccccc1)N(CCCc1ccc(C(F)(F)F)cc1)c1ccc(OC)nc1. The fraction of sp³-hybridized carbons (Fsp3) is 0.280. The number of alkyl halides is 3. The molecule has 0 saturated heterocycles. The van der Waals surface area contributed by atoms with Crippen molar-refractivity contribution in [1.29, 1.82) is 0 Å². The van der Waals surface area contributed by atoms with Crippen molar-refractivity contribution in [2.45, 2.75) is 25.1 Å². The average Bonchev–Trinajstić information content (AvgIpc) is 2.83. The second-order valence-electron chi connectivity index (χ2n) is 7.48. The number of aromatic nitrogens is 1. The number of pyridine rings is 1. The Balaban J connectivity index is 1.84. The van der Waals surface area contributed by atoms with E-state index >= 15 is 0 Å². The first kappa shape index (κ1) is 24.1. The molecule has 0 aliphatic carbocycles. The fourth-order valence-corrected chi connectivity index (χ4v) is 3.63. The second-order valence-corrected chi connectivity index (χ2v) is 7.48. The molecule has 1 aromatic heterocycles. The van der Waals surface area contributed by atoms with Crippen LogP contribution in [0.3, 0.4) is 0 Å². The van der Waals surface area contributed by atoms with E-state index in [1.54, 1.807) is 19.3 Å². The molecular weight excluding hydrogens is 431 g/mol. The van der Waals surface area contributed by atoms with Gasteiger partial charge in [0.25, 0.3) is 0 Å². The van der Waals surface area contributed by atoms with E-state index in [0.29, 0.717) is 25.3 Å². The van der Waals surface area contributed by atoms with Crippen molar-refractivity contribution in [1.82, 2.24) is 10.3 Å². The van der Waals surface area contributed by atoms with Crippen LogP contribution in [0.1, 0.15) is 29.2 Å². The van der Waals surface area contributed by atoms with Crippen LogP contribution in [0.25, 0.3) is 0 Å². The van der Waals surface area contributed by atoms with Gasteiger partial charge in [0.05, 0.1) is 24.6 Å². The molecule has 8 heteroatoms. The lowest BCUT2D eigenvalue weighted by Gasteiger charge is -2.33. The van der Waals surface area contributed by atoms with Crippen LogP contribution >= 0.6 is 0 Å². The number of carbonyl (C=O) groups excluding carboxylic acids is 1. The van der Waals surface area contributed by atoms with Gasteiger partial charge in [0.15, 0.2) is 0 Å². The highest BCUT2D eigenvalue weighted by molar-refractivity contribution is 5.86. The number of likely N-dealkylation sites (N-methyl/N-ethyl adjacent to an activating group) is 1. The Kier molecular flexibility index (Phi) is 7.92. The van der Waals surface area contributed by atoms with Crippen LogP contribution in [-0.2, 0) is 17.4 Å². The molecule has 33 heavy (non-hydrogen) atoms. The number of anilines is 1. The normalized spacial score (nSPS) is 12.2. The Morgan fingerprint density at radius 3 is 2.30 bits per heavy atom. The molecule has 0 aliphatic heterocycles. The van der Waals surface area contributed by atoms with Gasteiger partial charge in [-0.15, -0.1) is 0 Å². The summed E-state index contributed by atoms with van der Waals surface area (Å²) >= 11 is 0. The molecule has 0 spiro atoms. The van der Waals surface area contributed by atoms with Gasteiger partial charge >= 0.3 is 6.18 Å². The number of carbonyl (C=O) groups is 1. The van der Waals surface area contributed by atoms with Crippen molar-refractivity contribution in [2.24, 2.45) is 0 Å². The average molecular weight is 457 g/mol. The number of halogens is 3. The summed E-state index contributed by atoms with van der Waals surface area (Å²) in [6.45, 7) is 0.488. The summed E-state index contributed by atoms with van der Waals surface area (Å²) in [5.41, 5.74) is 1.69. The molecule has 2 aromatic carbocycles. The monoisotopic (exact) mass is 457 g/mol. The summed E-state index contributed by atoms with van der Waals surface area (Å²) in [5, 5.41) is 2.73. The maximum Gasteiger partial charge on any atom is 0.416 e. The lowest BCUT2D eigenvalue weighted by atomic mass is 10.0. The van der Waals surface area contributed by atoms with Crippen molar-refractivity contribution in [3.05, 3.63) is 89.6 Å². The number of nitrogens with one attached hydrogen (secondary N) is 1. The van der Waals surface area contributed by atoms with Gasteiger partial charge in [-0.05, 0) is 42.2 Å². The van der Waals surface area contributed by atoms with E-state index in [0.717, 1.165) is 28.9 Å². The number of ether oxygens (including phenoxy) is 1. The van der Waals surface area contributed by atoms with Crippen LogP contribution in [0.4, 0.5) is 18.9 Å². The molecule has 1 atom stereocenters. The van der Waals surface area contributed by atoms with Gasteiger partial charge in [-0.2, -0.15) is 13.2 Å². The molecule has 1 N–H and O–H groups in total. The maximum absolute atomic E-state index is 12.9. The van der Waals surface area contributed by atoms with Crippen molar-refractivity contribution in [3.8, 4) is 5.88 Å². The van der Waals surface area contributed by atoms with Gasteiger partial charge in [-0.25, -0.2) is 4.98 Å². The van der Waals surface area contributed by atoms with Crippen molar-refractivity contribution < 1.29 is 22.7 Å².